The third-order valence-corrected chi connectivity index (χ3v) is 3.98. The number of nitrogens with one attached hydrogen (secondary N) is 1. The Hall–Kier alpha value is -1.76. The van der Waals surface area contributed by atoms with Gasteiger partial charge in [0.05, 0.1) is 25.3 Å². The molecule has 0 spiro atoms. The molecule has 0 atom stereocenters. The van der Waals surface area contributed by atoms with E-state index in [4.69, 9.17) is 14.7 Å². The minimum atomic E-state index is -1.74. The van der Waals surface area contributed by atoms with Gasteiger partial charge in [-0.2, -0.15) is 8.78 Å². The second-order valence-electron chi connectivity index (χ2n) is 6.91. The molecule has 1 aromatic rings. The number of halogens is 4. The van der Waals surface area contributed by atoms with Crippen molar-refractivity contribution in [3.05, 3.63) is 23.3 Å². The second kappa shape index (κ2) is 12.1. The Labute approximate surface area is 169 Å². The van der Waals surface area contributed by atoms with Gasteiger partial charge < -0.3 is 14.8 Å². The Balaban J connectivity index is 2.37. The van der Waals surface area contributed by atoms with Crippen molar-refractivity contribution in [1.82, 2.24) is 5.32 Å². The van der Waals surface area contributed by atoms with Crippen molar-refractivity contribution < 1.29 is 46.5 Å². The summed E-state index contributed by atoms with van der Waals surface area (Å²) in [5, 5.41) is 13.8. The fraction of sp³-hybridized carbons (Fsp3) is 0.588. The van der Waals surface area contributed by atoms with E-state index in [1.807, 2.05) is 20.8 Å². The first-order valence-electron chi connectivity index (χ1n) is 8.67. The Kier molecular flexibility index (Phi) is 10.5. The maximum atomic E-state index is 13.9. The monoisotopic (exact) mass is 445 g/mol. The summed E-state index contributed by atoms with van der Waals surface area (Å²) in [6.45, 7) is 5.49. The average molecular weight is 445 g/mol. The number of amides is 1. The summed E-state index contributed by atoms with van der Waals surface area (Å²) in [5.41, 5.74) is -0.394. The maximum Gasteiger partial charge on any atom is 0.407 e. The Bertz CT molecular complexity index is 658. The van der Waals surface area contributed by atoms with E-state index < -0.39 is 45.5 Å². The lowest BCUT2D eigenvalue weighted by Gasteiger charge is -2.19. The van der Waals surface area contributed by atoms with Crippen LogP contribution in [0.3, 0.4) is 0 Å². The summed E-state index contributed by atoms with van der Waals surface area (Å²) in [7, 11) is 0. The molecule has 0 saturated carbocycles. The zero-order valence-electron chi connectivity index (χ0n) is 16.2. The first-order valence-corrected chi connectivity index (χ1v) is 9.41. The van der Waals surface area contributed by atoms with E-state index >= 15 is 0 Å². The SMILES string of the molecule is CC(C)(C)NC(=O)OCCCCCCOc1c(F)c(F)c(SOOO)c(F)c1F. The molecule has 0 unspecified atom stereocenters. The summed E-state index contributed by atoms with van der Waals surface area (Å²) in [6.07, 6.45) is 1.63. The molecule has 0 radical (unpaired) electrons. The fourth-order valence-corrected chi connectivity index (χ4v) is 2.50. The van der Waals surface area contributed by atoms with E-state index in [-0.39, 0.29) is 25.3 Å². The number of rotatable bonds is 11. The minimum Gasteiger partial charge on any atom is -0.487 e. The lowest BCUT2D eigenvalue weighted by atomic mass is 10.1. The van der Waals surface area contributed by atoms with Gasteiger partial charge in [0.2, 0.25) is 11.6 Å². The highest BCUT2D eigenvalue weighted by atomic mass is 32.2. The van der Waals surface area contributed by atoms with Gasteiger partial charge in [-0.3, -0.25) is 0 Å². The van der Waals surface area contributed by atoms with Crippen LogP contribution in [0.15, 0.2) is 4.90 Å². The molecular formula is C17H23F4NO6S. The molecule has 29 heavy (non-hydrogen) atoms. The van der Waals surface area contributed by atoms with Crippen LogP contribution in [0, 0.1) is 23.3 Å². The zero-order valence-corrected chi connectivity index (χ0v) is 17.0. The molecule has 7 nitrogen and oxygen atoms in total. The Morgan fingerprint density at radius 2 is 1.52 bits per heavy atom. The summed E-state index contributed by atoms with van der Waals surface area (Å²) in [6, 6.07) is 0. The number of carbonyl (C=O) groups excluding carboxylic acids is 1. The van der Waals surface area contributed by atoms with E-state index in [2.05, 4.69) is 14.7 Å². The van der Waals surface area contributed by atoms with Gasteiger partial charge in [0.15, 0.2) is 17.4 Å². The van der Waals surface area contributed by atoms with Gasteiger partial charge >= 0.3 is 6.09 Å². The van der Waals surface area contributed by atoms with Crippen molar-refractivity contribution in [3.63, 3.8) is 0 Å². The van der Waals surface area contributed by atoms with Gasteiger partial charge in [-0.1, -0.05) is 5.04 Å². The number of ether oxygens (including phenoxy) is 2. The standard InChI is InChI=1S/C17H23F4NO6S/c1-17(2,3)22-16(23)26-9-7-5-4-6-8-25-14-10(18)12(20)15(29-28-27-24)13(21)11(14)19/h24H,4-9H2,1-3H3,(H,22,23). The summed E-state index contributed by atoms with van der Waals surface area (Å²) in [4.78, 5) is 10.3. The van der Waals surface area contributed by atoms with Crippen LogP contribution in [0.1, 0.15) is 46.5 Å². The third-order valence-electron chi connectivity index (χ3n) is 3.33. The predicted molar refractivity (Wildman–Crippen MR) is 95.1 cm³/mol. The molecule has 12 heteroatoms. The van der Waals surface area contributed by atoms with Crippen LogP contribution in [-0.4, -0.2) is 30.1 Å². The van der Waals surface area contributed by atoms with Crippen molar-refractivity contribution >= 4 is 18.1 Å². The number of unbranched alkanes of at least 4 members (excludes halogenated alkanes) is 3. The topological polar surface area (TPSA) is 86.3 Å². The van der Waals surface area contributed by atoms with Gasteiger partial charge in [-0.25, -0.2) is 18.8 Å². The van der Waals surface area contributed by atoms with E-state index in [0.29, 0.717) is 25.7 Å². The maximum absolute atomic E-state index is 13.9. The molecule has 1 amide bonds. The number of hydrogen-bond donors (Lipinski definition) is 2. The molecule has 0 bridgehead atoms. The molecule has 1 aromatic carbocycles. The van der Waals surface area contributed by atoms with Crippen LogP contribution in [-0.2, 0) is 14.1 Å². The number of alkyl carbamates (subject to hydrolysis) is 1. The highest BCUT2D eigenvalue weighted by molar-refractivity contribution is 7.94. The van der Waals surface area contributed by atoms with Crippen LogP contribution in [0.5, 0.6) is 5.75 Å². The lowest BCUT2D eigenvalue weighted by Crippen LogP contribution is -2.41. The first kappa shape index (κ1) is 25.3. The molecule has 166 valence electrons. The number of hydrogen-bond acceptors (Lipinski definition) is 7. The molecule has 0 fully saturated rings. The number of benzene rings is 1. The largest absolute Gasteiger partial charge is 0.487 e. The number of carbonyl (C=O) groups is 1. The highest BCUT2D eigenvalue weighted by Gasteiger charge is 2.28. The van der Waals surface area contributed by atoms with Crippen LogP contribution in [0.4, 0.5) is 22.4 Å². The second-order valence-corrected chi connectivity index (χ2v) is 7.62. The van der Waals surface area contributed by atoms with E-state index in [1.165, 1.54) is 0 Å². The molecule has 2 N–H and O–H groups in total. The Morgan fingerprint density at radius 1 is 0.966 bits per heavy atom. The lowest BCUT2D eigenvalue weighted by molar-refractivity contribution is -0.432. The fourth-order valence-electron chi connectivity index (χ4n) is 2.08. The summed E-state index contributed by atoms with van der Waals surface area (Å²) in [5.74, 6) is -8.13. The van der Waals surface area contributed by atoms with E-state index in [0.717, 1.165) is 0 Å². The Morgan fingerprint density at radius 3 is 2.03 bits per heavy atom. The summed E-state index contributed by atoms with van der Waals surface area (Å²) >= 11 is -0.243. The van der Waals surface area contributed by atoms with E-state index in [9.17, 15) is 22.4 Å². The highest BCUT2D eigenvalue weighted by Crippen LogP contribution is 2.35. The molecule has 0 aliphatic heterocycles. The van der Waals surface area contributed by atoms with Crippen molar-refractivity contribution in [2.45, 2.75) is 56.9 Å². The van der Waals surface area contributed by atoms with E-state index in [1.54, 1.807) is 0 Å². The van der Waals surface area contributed by atoms with Crippen molar-refractivity contribution in [1.29, 1.82) is 0 Å². The molecule has 0 saturated heterocycles. The smallest absolute Gasteiger partial charge is 0.407 e. The predicted octanol–water partition coefficient (Wildman–Crippen LogP) is 5.14. The molecular weight excluding hydrogens is 422 g/mol. The first-order chi connectivity index (χ1) is 13.6. The van der Waals surface area contributed by atoms with Crippen LogP contribution < -0.4 is 10.1 Å². The molecule has 0 aliphatic rings. The van der Waals surface area contributed by atoms with Gasteiger partial charge in [0.25, 0.3) is 0 Å². The quantitative estimate of drug-likeness (QED) is 0.122. The molecule has 0 heterocycles. The van der Waals surface area contributed by atoms with Gasteiger partial charge in [-0.15, -0.1) is 4.33 Å². The zero-order chi connectivity index (χ0) is 22.0. The summed E-state index contributed by atoms with van der Waals surface area (Å²) < 4.78 is 68.9. The van der Waals surface area contributed by atoms with Gasteiger partial charge in [0, 0.05) is 5.54 Å². The molecule has 1 rings (SSSR count). The van der Waals surface area contributed by atoms with Gasteiger partial charge in [0.1, 0.15) is 4.90 Å². The van der Waals surface area contributed by atoms with Crippen LogP contribution in [0.25, 0.3) is 0 Å². The third kappa shape index (κ3) is 8.64. The van der Waals surface area contributed by atoms with Crippen LogP contribution in [0.2, 0.25) is 0 Å². The molecule has 0 aliphatic carbocycles. The van der Waals surface area contributed by atoms with Crippen molar-refractivity contribution in [3.8, 4) is 5.75 Å². The molecule has 0 aromatic heterocycles. The van der Waals surface area contributed by atoms with Crippen molar-refractivity contribution in [2.75, 3.05) is 13.2 Å². The van der Waals surface area contributed by atoms with Gasteiger partial charge in [-0.05, 0) is 46.5 Å². The van der Waals surface area contributed by atoms with Crippen molar-refractivity contribution in [2.24, 2.45) is 0 Å². The normalized spacial score (nSPS) is 11.4. The minimum absolute atomic E-state index is 0.180. The average Bonchev–Trinajstić information content (AvgIpc) is 2.63. The van der Waals surface area contributed by atoms with Crippen LogP contribution >= 0.6 is 12.0 Å².